The van der Waals surface area contributed by atoms with Crippen LogP contribution in [-0.2, 0) is 16.0 Å². The van der Waals surface area contributed by atoms with E-state index in [4.69, 9.17) is 14.7 Å². The third kappa shape index (κ3) is 12.3. The zero-order chi connectivity index (χ0) is 32.3. The highest BCUT2D eigenvalue weighted by atomic mass is 28.3. The molecule has 1 atom stereocenters. The SMILES string of the molecule is CCOCCCNC(=O)C(CC(C)C)Nc1cc(CCC[Si](C)(C)C)nc(-n2cnc(-c3ccc(OC(F)(F)F)cc3)c2)n1. The minimum Gasteiger partial charge on any atom is -0.406 e. The molecule has 3 rings (SSSR count). The fraction of sp³-hybridized carbons (Fsp3) is 0.548. The molecule has 0 saturated carbocycles. The number of nitrogens with zero attached hydrogens (tertiary/aromatic N) is 4. The van der Waals surface area contributed by atoms with Gasteiger partial charge in [0.05, 0.1) is 5.69 Å². The standard InChI is InChI=1S/C31H45F3N6O3Si/c1-7-42-16-9-15-35-29(41)26(18-22(2)3)38-28-19-24(10-8-17-44(4,5)6)37-30(39-28)40-20-27(36-21-40)23-11-13-25(14-12-23)43-31(32,33)34/h11-14,19-22,26H,7-10,15-18H2,1-6H3,(H,35,41)(H,37,38,39). The van der Waals surface area contributed by atoms with Crippen molar-refractivity contribution < 1.29 is 27.4 Å². The molecule has 13 heteroatoms. The van der Waals surface area contributed by atoms with E-state index in [-0.39, 0.29) is 17.6 Å². The summed E-state index contributed by atoms with van der Waals surface area (Å²) in [7, 11) is -1.24. The number of aryl methyl sites for hydroxylation is 1. The van der Waals surface area contributed by atoms with Gasteiger partial charge in [-0.15, -0.1) is 13.2 Å². The molecule has 242 valence electrons. The summed E-state index contributed by atoms with van der Waals surface area (Å²) < 4.78 is 48.7. The number of carbonyl (C=O) groups excluding carboxylic acids is 1. The number of amides is 1. The molecular formula is C31H45F3N6O3Si. The van der Waals surface area contributed by atoms with Gasteiger partial charge in [-0.2, -0.15) is 4.98 Å². The summed E-state index contributed by atoms with van der Waals surface area (Å²) in [5.41, 5.74) is 2.00. The van der Waals surface area contributed by atoms with E-state index in [1.165, 1.54) is 24.3 Å². The van der Waals surface area contributed by atoms with Crippen molar-refractivity contribution in [2.24, 2.45) is 5.92 Å². The summed E-state index contributed by atoms with van der Waals surface area (Å²) in [6, 6.07) is 8.08. The molecule has 9 nitrogen and oxygen atoms in total. The molecule has 3 aromatic rings. The van der Waals surface area contributed by atoms with Gasteiger partial charge in [0.2, 0.25) is 11.9 Å². The number of imidazole rings is 1. The molecule has 2 heterocycles. The van der Waals surface area contributed by atoms with E-state index in [0.29, 0.717) is 49.2 Å². The number of hydrogen-bond donors (Lipinski definition) is 2. The molecule has 44 heavy (non-hydrogen) atoms. The number of aromatic nitrogens is 4. The lowest BCUT2D eigenvalue weighted by atomic mass is 10.0. The van der Waals surface area contributed by atoms with Gasteiger partial charge in [0.1, 0.15) is 23.9 Å². The Kier molecular flexibility index (Phi) is 12.8. The molecule has 1 unspecified atom stereocenters. The first kappa shape index (κ1) is 35.0. The van der Waals surface area contributed by atoms with E-state index in [0.717, 1.165) is 31.0 Å². The Morgan fingerprint density at radius 2 is 1.82 bits per heavy atom. The van der Waals surface area contributed by atoms with Crippen molar-refractivity contribution >= 4 is 19.8 Å². The van der Waals surface area contributed by atoms with E-state index in [9.17, 15) is 18.0 Å². The molecule has 0 aliphatic carbocycles. The van der Waals surface area contributed by atoms with Gasteiger partial charge in [-0.05, 0) is 56.4 Å². The average molecular weight is 635 g/mol. The second-order valence-corrected chi connectivity index (χ2v) is 18.0. The lowest BCUT2D eigenvalue weighted by molar-refractivity contribution is -0.274. The Balaban J connectivity index is 1.86. The van der Waals surface area contributed by atoms with E-state index < -0.39 is 20.5 Å². The van der Waals surface area contributed by atoms with Gasteiger partial charge in [0.25, 0.3) is 0 Å². The normalized spacial score (nSPS) is 12.8. The van der Waals surface area contributed by atoms with Crippen molar-refractivity contribution in [1.82, 2.24) is 24.8 Å². The maximum Gasteiger partial charge on any atom is 0.573 e. The molecule has 1 amide bonds. The Morgan fingerprint density at radius 3 is 2.45 bits per heavy atom. The van der Waals surface area contributed by atoms with Crippen molar-refractivity contribution in [3.05, 3.63) is 48.5 Å². The number of carbonyl (C=O) groups is 1. The summed E-state index contributed by atoms with van der Waals surface area (Å²) in [5.74, 6) is 0.785. The van der Waals surface area contributed by atoms with Crippen LogP contribution in [0.15, 0.2) is 42.9 Å². The van der Waals surface area contributed by atoms with Crippen molar-refractivity contribution in [2.45, 2.75) is 84.5 Å². The molecular weight excluding hydrogens is 589 g/mol. The van der Waals surface area contributed by atoms with Gasteiger partial charge in [-0.1, -0.05) is 46.0 Å². The first-order valence-corrected chi connectivity index (χ1v) is 18.8. The molecule has 0 bridgehead atoms. The Hall–Kier alpha value is -3.45. The number of halogens is 3. The van der Waals surface area contributed by atoms with Crippen LogP contribution in [0.4, 0.5) is 19.0 Å². The fourth-order valence-electron chi connectivity index (χ4n) is 4.54. The molecule has 0 aliphatic heterocycles. The van der Waals surface area contributed by atoms with Gasteiger partial charge in [-0.25, -0.2) is 9.97 Å². The molecule has 1 aromatic carbocycles. The van der Waals surface area contributed by atoms with Crippen LogP contribution < -0.4 is 15.4 Å². The summed E-state index contributed by atoms with van der Waals surface area (Å²) >= 11 is 0. The minimum atomic E-state index is -4.76. The quantitative estimate of drug-likeness (QED) is 0.123. The average Bonchev–Trinajstić information content (AvgIpc) is 3.41. The van der Waals surface area contributed by atoms with Gasteiger partial charge in [-0.3, -0.25) is 9.36 Å². The highest BCUT2D eigenvalue weighted by Gasteiger charge is 2.31. The van der Waals surface area contributed by atoms with Crippen LogP contribution >= 0.6 is 0 Å². The number of anilines is 1. The summed E-state index contributed by atoms with van der Waals surface area (Å²) in [6.07, 6.45) is 1.62. The Bertz CT molecular complexity index is 1330. The van der Waals surface area contributed by atoms with Crippen molar-refractivity contribution in [1.29, 1.82) is 0 Å². The molecule has 2 N–H and O–H groups in total. The van der Waals surface area contributed by atoms with E-state index in [1.54, 1.807) is 17.1 Å². The smallest absolute Gasteiger partial charge is 0.406 e. The zero-order valence-electron chi connectivity index (χ0n) is 26.5. The van der Waals surface area contributed by atoms with Crippen LogP contribution in [0.5, 0.6) is 5.75 Å². The van der Waals surface area contributed by atoms with E-state index in [1.807, 2.05) is 13.0 Å². The fourth-order valence-corrected chi connectivity index (χ4v) is 5.78. The van der Waals surface area contributed by atoms with Crippen LogP contribution in [0, 0.1) is 5.92 Å². The lowest BCUT2D eigenvalue weighted by Crippen LogP contribution is -2.41. The molecule has 0 fully saturated rings. The van der Waals surface area contributed by atoms with Gasteiger partial charge in [0, 0.05) is 51.4 Å². The van der Waals surface area contributed by atoms with Crippen LogP contribution in [0.3, 0.4) is 0 Å². The van der Waals surface area contributed by atoms with Gasteiger partial charge >= 0.3 is 6.36 Å². The van der Waals surface area contributed by atoms with Crippen molar-refractivity contribution in [3.63, 3.8) is 0 Å². The number of alkyl halides is 3. The van der Waals surface area contributed by atoms with E-state index in [2.05, 4.69) is 53.8 Å². The van der Waals surface area contributed by atoms with Gasteiger partial charge in [0.15, 0.2) is 0 Å². The summed E-state index contributed by atoms with van der Waals surface area (Å²) in [4.78, 5) is 27.1. The largest absolute Gasteiger partial charge is 0.573 e. The maximum absolute atomic E-state index is 13.2. The molecule has 0 radical (unpaired) electrons. The lowest BCUT2D eigenvalue weighted by Gasteiger charge is -2.21. The maximum atomic E-state index is 13.2. The third-order valence-corrected chi connectivity index (χ3v) is 8.49. The molecule has 2 aromatic heterocycles. The van der Waals surface area contributed by atoms with Crippen LogP contribution in [0.1, 0.15) is 45.7 Å². The molecule has 0 saturated heterocycles. The first-order valence-electron chi connectivity index (χ1n) is 15.1. The molecule has 0 aliphatic rings. The third-order valence-electron chi connectivity index (χ3n) is 6.64. The van der Waals surface area contributed by atoms with Gasteiger partial charge < -0.3 is 20.1 Å². The summed E-state index contributed by atoms with van der Waals surface area (Å²) in [5, 5.41) is 6.37. The monoisotopic (exact) mass is 634 g/mol. The predicted octanol–water partition coefficient (Wildman–Crippen LogP) is 6.87. The second kappa shape index (κ2) is 16.0. The Labute approximate surface area is 259 Å². The van der Waals surface area contributed by atoms with E-state index >= 15 is 0 Å². The highest BCUT2D eigenvalue weighted by molar-refractivity contribution is 6.76. The highest BCUT2D eigenvalue weighted by Crippen LogP contribution is 2.26. The topological polar surface area (TPSA) is 103 Å². The number of benzene rings is 1. The number of ether oxygens (including phenoxy) is 2. The number of rotatable bonds is 17. The van der Waals surface area contributed by atoms with Crippen molar-refractivity contribution in [2.75, 3.05) is 25.1 Å². The second-order valence-electron chi connectivity index (χ2n) is 12.4. The molecule has 0 spiro atoms. The minimum absolute atomic E-state index is 0.0986. The zero-order valence-corrected chi connectivity index (χ0v) is 27.5. The first-order chi connectivity index (χ1) is 20.7. The Morgan fingerprint density at radius 1 is 1.09 bits per heavy atom. The summed E-state index contributed by atoms with van der Waals surface area (Å²) in [6.45, 7) is 14.8. The van der Waals surface area contributed by atoms with Crippen LogP contribution in [-0.4, -0.2) is 65.7 Å². The van der Waals surface area contributed by atoms with Crippen LogP contribution in [0.2, 0.25) is 25.7 Å². The number of hydrogen-bond acceptors (Lipinski definition) is 7. The number of nitrogens with one attached hydrogen (secondary N) is 2. The van der Waals surface area contributed by atoms with Crippen LogP contribution in [0.25, 0.3) is 17.2 Å². The van der Waals surface area contributed by atoms with Crippen molar-refractivity contribution in [3.8, 4) is 23.0 Å². The predicted molar refractivity (Wildman–Crippen MR) is 169 cm³/mol.